The number of nitrogens with zero attached hydrogens (tertiary/aromatic N) is 1. The van der Waals surface area contributed by atoms with Gasteiger partial charge in [0.1, 0.15) is 17.9 Å². The van der Waals surface area contributed by atoms with Crippen LogP contribution in [-0.2, 0) is 9.59 Å². The Morgan fingerprint density at radius 1 is 1.29 bits per heavy atom. The minimum absolute atomic E-state index is 0.119. The quantitative estimate of drug-likeness (QED) is 0.536. The van der Waals surface area contributed by atoms with Gasteiger partial charge in [-0.3, -0.25) is 14.5 Å². The summed E-state index contributed by atoms with van der Waals surface area (Å²) in [5.41, 5.74) is 0.726. The fourth-order valence-corrected chi connectivity index (χ4v) is 4.41. The lowest BCUT2D eigenvalue weighted by atomic mass is 9.98. The second-order valence-corrected chi connectivity index (χ2v) is 8.34. The maximum Gasteiger partial charge on any atom is 0.325 e. The third kappa shape index (κ3) is 3.53. The molecule has 0 atom stereocenters. The summed E-state index contributed by atoms with van der Waals surface area (Å²) in [6, 6.07) is 5.34. The molecule has 1 aliphatic carbocycles. The van der Waals surface area contributed by atoms with E-state index in [0.29, 0.717) is 25.1 Å². The third-order valence-electron chi connectivity index (χ3n) is 5.52. The fourth-order valence-electron chi connectivity index (χ4n) is 4.03. The molecule has 2 heterocycles. The SMILES string of the molecule is O=C(NCCCN1C(=O)NC2(CCCC2)C1=O)C1=Cc2cc(Br)ccc2OC1. The lowest BCUT2D eigenvalue weighted by Crippen LogP contribution is -2.44. The predicted molar refractivity (Wildman–Crippen MR) is 107 cm³/mol. The number of nitrogens with one attached hydrogen (secondary N) is 2. The first-order valence-corrected chi connectivity index (χ1v) is 10.3. The van der Waals surface area contributed by atoms with Gasteiger partial charge in [-0.05, 0) is 43.5 Å². The van der Waals surface area contributed by atoms with E-state index >= 15 is 0 Å². The Bertz CT molecular complexity index is 861. The van der Waals surface area contributed by atoms with Crippen LogP contribution in [0.5, 0.6) is 5.75 Å². The molecule has 2 fully saturated rings. The molecule has 3 aliphatic rings. The van der Waals surface area contributed by atoms with Crippen LogP contribution in [0.2, 0.25) is 0 Å². The van der Waals surface area contributed by atoms with Crippen molar-refractivity contribution >= 4 is 39.9 Å². The number of fused-ring (bicyclic) bond motifs is 1. The Morgan fingerprint density at radius 2 is 2.07 bits per heavy atom. The van der Waals surface area contributed by atoms with E-state index in [1.807, 2.05) is 24.3 Å². The van der Waals surface area contributed by atoms with Gasteiger partial charge in [0.25, 0.3) is 11.8 Å². The van der Waals surface area contributed by atoms with Gasteiger partial charge in [0.15, 0.2) is 0 Å². The summed E-state index contributed by atoms with van der Waals surface area (Å²) < 4.78 is 6.54. The van der Waals surface area contributed by atoms with E-state index < -0.39 is 5.54 Å². The van der Waals surface area contributed by atoms with E-state index in [1.54, 1.807) is 0 Å². The number of urea groups is 1. The smallest absolute Gasteiger partial charge is 0.325 e. The maximum absolute atomic E-state index is 12.6. The van der Waals surface area contributed by atoms with E-state index in [4.69, 9.17) is 4.74 Å². The zero-order chi connectivity index (χ0) is 19.7. The number of carbonyl (C=O) groups is 3. The number of hydrogen-bond donors (Lipinski definition) is 2. The van der Waals surface area contributed by atoms with Crippen LogP contribution in [0, 0.1) is 0 Å². The normalized spacial score (nSPS) is 19.9. The highest BCUT2D eigenvalue weighted by Gasteiger charge is 2.51. The van der Waals surface area contributed by atoms with Crippen LogP contribution < -0.4 is 15.4 Å². The Labute approximate surface area is 171 Å². The van der Waals surface area contributed by atoms with Crippen LogP contribution >= 0.6 is 15.9 Å². The monoisotopic (exact) mass is 447 g/mol. The summed E-state index contributed by atoms with van der Waals surface area (Å²) in [5.74, 6) is 0.432. The summed E-state index contributed by atoms with van der Waals surface area (Å²) in [6.07, 6.45) is 5.70. The highest BCUT2D eigenvalue weighted by atomic mass is 79.9. The molecule has 0 radical (unpaired) electrons. The van der Waals surface area contributed by atoms with Gasteiger partial charge in [-0.2, -0.15) is 0 Å². The highest BCUT2D eigenvalue weighted by molar-refractivity contribution is 9.10. The molecular formula is C20H22BrN3O4. The Balaban J connectivity index is 1.28. The zero-order valence-electron chi connectivity index (χ0n) is 15.4. The van der Waals surface area contributed by atoms with Gasteiger partial charge in [0.05, 0.1) is 5.57 Å². The molecule has 1 aromatic rings. The van der Waals surface area contributed by atoms with Gasteiger partial charge in [-0.1, -0.05) is 28.8 Å². The number of halogens is 1. The first kappa shape index (κ1) is 19.0. The molecule has 2 aliphatic heterocycles. The van der Waals surface area contributed by atoms with Crippen molar-refractivity contribution in [3.05, 3.63) is 33.8 Å². The average molecular weight is 448 g/mol. The predicted octanol–water partition coefficient (Wildman–Crippen LogP) is 2.60. The Morgan fingerprint density at radius 3 is 2.86 bits per heavy atom. The maximum atomic E-state index is 12.6. The van der Waals surface area contributed by atoms with Crippen LogP contribution in [0.3, 0.4) is 0 Å². The van der Waals surface area contributed by atoms with E-state index in [1.165, 1.54) is 4.90 Å². The van der Waals surface area contributed by atoms with Gasteiger partial charge in [0, 0.05) is 23.1 Å². The van der Waals surface area contributed by atoms with Gasteiger partial charge in [-0.25, -0.2) is 4.79 Å². The molecule has 1 saturated carbocycles. The number of rotatable bonds is 5. The topological polar surface area (TPSA) is 87.7 Å². The molecule has 8 heteroatoms. The first-order chi connectivity index (χ1) is 13.5. The largest absolute Gasteiger partial charge is 0.488 e. The number of benzene rings is 1. The third-order valence-corrected chi connectivity index (χ3v) is 6.02. The lowest BCUT2D eigenvalue weighted by molar-refractivity contribution is -0.131. The van der Waals surface area contributed by atoms with Gasteiger partial charge >= 0.3 is 6.03 Å². The van der Waals surface area contributed by atoms with Gasteiger partial charge < -0.3 is 15.4 Å². The molecular weight excluding hydrogens is 426 g/mol. The minimum atomic E-state index is -0.674. The molecule has 1 spiro atoms. The standard InChI is InChI=1S/C20H22BrN3O4/c21-15-4-5-16-13(11-15)10-14(12-28-16)17(25)22-8-3-9-24-18(26)20(23-19(24)27)6-1-2-7-20/h4-5,10-11H,1-3,6-9,12H2,(H,22,25)(H,23,27). The number of hydrogen-bond acceptors (Lipinski definition) is 4. The average Bonchev–Trinajstić information content (AvgIpc) is 3.24. The lowest BCUT2D eigenvalue weighted by Gasteiger charge is -2.20. The molecule has 4 amide bonds. The molecule has 0 aromatic heterocycles. The van der Waals surface area contributed by atoms with Gasteiger partial charge in [0.2, 0.25) is 0 Å². The zero-order valence-corrected chi connectivity index (χ0v) is 17.0. The van der Waals surface area contributed by atoms with Crippen molar-refractivity contribution in [3.63, 3.8) is 0 Å². The van der Waals surface area contributed by atoms with E-state index in [-0.39, 0.29) is 24.5 Å². The van der Waals surface area contributed by atoms with Crippen molar-refractivity contribution in [2.75, 3.05) is 19.7 Å². The van der Waals surface area contributed by atoms with Crippen LogP contribution in [0.4, 0.5) is 4.79 Å². The number of amides is 4. The van der Waals surface area contributed by atoms with Crippen molar-refractivity contribution < 1.29 is 19.1 Å². The molecule has 1 aromatic carbocycles. The number of carbonyl (C=O) groups excluding carboxylic acids is 3. The van der Waals surface area contributed by atoms with Crippen molar-refractivity contribution in [2.24, 2.45) is 0 Å². The van der Waals surface area contributed by atoms with Crippen LogP contribution in [0.1, 0.15) is 37.7 Å². The van der Waals surface area contributed by atoms with Crippen molar-refractivity contribution in [1.29, 1.82) is 0 Å². The number of ether oxygens (including phenoxy) is 1. The summed E-state index contributed by atoms with van der Waals surface area (Å²) in [5, 5.41) is 5.71. The van der Waals surface area contributed by atoms with Crippen LogP contribution in [-0.4, -0.2) is 48.0 Å². The summed E-state index contributed by atoms with van der Waals surface area (Å²) in [4.78, 5) is 38.4. The highest BCUT2D eigenvalue weighted by Crippen LogP contribution is 2.35. The molecule has 4 rings (SSSR count). The van der Waals surface area contributed by atoms with E-state index in [0.717, 1.165) is 41.5 Å². The second kappa shape index (κ2) is 7.58. The first-order valence-electron chi connectivity index (χ1n) is 9.54. The molecule has 28 heavy (non-hydrogen) atoms. The van der Waals surface area contributed by atoms with Crippen molar-refractivity contribution in [2.45, 2.75) is 37.6 Å². The second-order valence-electron chi connectivity index (χ2n) is 7.43. The van der Waals surface area contributed by atoms with Crippen molar-refractivity contribution in [3.8, 4) is 5.75 Å². The molecule has 148 valence electrons. The molecule has 0 bridgehead atoms. The van der Waals surface area contributed by atoms with E-state index in [2.05, 4.69) is 26.6 Å². The van der Waals surface area contributed by atoms with Crippen LogP contribution in [0.15, 0.2) is 28.2 Å². The molecule has 1 saturated heterocycles. The van der Waals surface area contributed by atoms with E-state index in [9.17, 15) is 14.4 Å². The van der Waals surface area contributed by atoms with Gasteiger partial charge in [-0.15, -0.1) is 0 Å². The minimum Gasteiger partial charge on any atom is -0.488 e. The number of imide groups is 1. The molecule has 2 N–H and O–H groups in total. The summed E-state index contributed by atoms with van der Waals surface area (Å²) >= 11 is 3.41. The molecule has 0 unspecified atom stereocenters. The molecule has 7 nitrogen and oxygen atoms in total. The Hall–Kier alpha value is -2.35. The summed E-state index contributed by atoms with van der Waals surface area (Å²) in [6.45, 7) is 0.902. The fraction of sp³-hybridized carbons (Fsp3) is 0.450. The summed E-state index contributed by atoms with van der Waals surface area (Å²) in [7, 11) is 0. The van der Waals surface area contributed by atoms with Crippen LogP contribution in [0.25, 0.3) is 6.08 Å². The Kier molecular flexibility index (Phi) is 5.14. The van der Waals surface area contributed by atoms with Crippen molar-refractivity contribution in [1.82, 2.24) is 15.5 Å².